The summed E-state index contributed by atoms with van der Waals surface area (Å²) in [7, 11) is 0. The highest BCUT2D eigenvalue weighted by Crippen LogP contribution is 2.38. The molecule has 2 aromatic rings. The third-order valence-corrected chi connectivity index (χ3v) is 3.84. The number of hydrogen-bond donors (Lipinski definition) is 1. The number of amides is 1. The molecule has 0 saturated carbocycles. The quantitative estimate of drug-likeness (QED) is 0.821. The second kappa shape index (κ2) is 7.00. The van der Waals surface area contributed by atoms with Gasteiger partial charge in [0.15, 0.2) is 5.82 Å². The maximum absolute atomic E-state index is 11.8. The number of nitrogens with one attached hydrogen (secondary N) is 1. The zero-order chi connectivity index (χ0) is 16.2. The van der Waals surface area contributed by atoms with Gasteiger partial charge < -0.3 is 14.6 Å². The summed E-state index contributed by atoms with van der Waals surface area (Å²) in [5.74, 6) is 1.29. The minimum Gasteiger partial charge on any atom is -0.492 e. The van der Waals surface area contributed by atoms with Crippen LogP contribution in [-0.4, -0.2) is 29.2 Å². The maximum atomic E-state index is 11.8. The van der Waals surface area contributed by atoms with Gasteiger partial charge in [-0.2, -0.15) is 4.98 Å². The van der Waals surface area contributed by atoms with Crippen molar-refractivity contribution < 1.29 is 14.1 Å². The fraction of sp³-hybridized carbons (Fsp3) is 0.438. The van der Waals surface area contributed by atoms with Gasteiger partial charge in [-0.25, -0.2) is 0 Å². The second-order valence-electron chi connectivity index (χ2n) is 5.44. The Morgan fingerprint density at radius 3 is 3.13 bits per heavy atom. The molecule has 122 valence electrons. The molecule has 0 bridgehead atoms. The van der Waals surface area contributed by atoms with Crippen LogP contribution < -0.4 is 10.1 Å². The number of hydrogen-bond acceptors (Lipinski definition) is 5. The lowest BCUT2D eigenvalue weighted by molar-refractivity contribution is -0.120. The number of rotatable bonds is 6. The van der Waals surface area contributed by atoms with Crippen molar-refractivity contribution in [3.05, 3.63) is 28.5 Å². The molecule has 6 nitrogen and oxygen atoms in total. The summed E-state index contributed by atoms with van der Waals surface area (Å²) in [5.41, 5.74) is 1.71. The van der Waals surface area contributed by atoms with Crippen molar-refractivity contribution in [2.24, 2.45) is 0 Å². The summed E-state index contributed by atoms with van der Waals surface area (Å²) >= 11 is 6.13. The van der Waals surface area contributed by atoms with Gasteiger partial charge in [0.05, 0.1) is 18.6 Å². The Bertz CT molecular complexity index is 715. The van der Waals surface area contributed by atoms with Gasteiger partial charge in [-0.1, -0.05) is 30.1 Å². The van der Waals surface area contributed by atoms with E-state index in [2.05, 4.69) is 22.4 Å². The van der Waals surface area contributed by atoms with E-state index in [1.54, 1.807) is 6.07 Å². The van der Waals surface area contributed by atoms with E-state index in [1.165, 1.54) is 0 Å². The van der Waals surface area contributed by atoms with E-state index in [0.29, 0.717) is 35.5 Å². The van der Waals surface area contributed by atoms with E-state index >= 15 is 0 Å². The second-order valence-corrected chi connectivity index (χ2v) is 5.87. The summed E-state index contributed by atoms with van der Waals surface area (Å²) in [4.78, 5) is 16.1. The van der Waals surface area contributed by atoms with Crippen LogP contribution in [-0.2, 0) is 17.6 Å². The molecule has 1 aromatic heterocycles. The van der Waals surface area contributed by atoms with E-state index in [-0.39, 0.29) is 12.3 Å². The first-order valence-corrected chi connectivity index (χ1v) is 8.10. The van der Waals surface area contributed by atoms with Crippen molar-refractivity contribution in [2.75, 3.05) is 13.2 Å². The Morgan fingerprint density at radius 2 is 2.30 bits per heavy atom. The number of halogens is 1. The van der Waals surface area contributed by atoms with E-state index < -0.39 is 0 Å². The first-order chi connectivity index (χ1) is 11.2. The van der Waals surface area contributed by atoms with Crippen LogP contribution in [0.5, 0.6) is 5.75 Å². The number of benzene rings is 1. The average molecular weight is 336 g/mol. The molecule has 0 radical (unpaired) electrons. The Kier molecular flexibility index (Phi) is 4.81. The molecule has 0 saturated heterocycles. The van der Waals surface area contributed by atoms with Gasteiger partial charge in [-0.3, -0.25) is 4.79 Å². The molecule has 1 aromatic carbocycles. The van der Waals surface area contributed by atoms with Gasteiger partial charge in [-0.05, 0) is 24.1 Å². The maximum Gasteiger partial charge on any atom is 0.261 e. The van der Waals surface area contributed by atoms with Crippen molar-refractivity contribution in [3.8, 4) is 17.2 Å². The van der Waals surface area contributed by atoms with Crippen molar-refractivity contribution in [3.63, 3.8) is 0 Å². The van der Waals surface area contributed by atoms with Crippen molar-refractivity contribution in [1.29, 1.82) is 0 Å². The molecule has 1 aliphatic rings. The molecule has 1 N–H and O–H groups in total. The molecule has 1 aliphatic heterocycles. The third-order valence-electron chi connectivity index (χ3n) is 3.62. The van der Waals surface area contributed by atoms with Crippen LogP contribution in [0.3, 0.4) is 0 Å². The fourth-order valence-corrected chi connectivity index (χ4v) is 2.71. The number of aromatic nitrogens is 2. The van der Waals surface area contributed by atoms with Crippen LogP contribution in [0.4, 0.5) is 0 Å². The van der Waals surface area contributed by atoms with Crippen molar-refractivity contribution in [1.82, 2.24) is 15.5 Å². The zero-order valence-electron chi connectivity index (χ0n) is 12.9. The number of fused-ring (bicyclic) bond motifs is 1. The van der Waals surface area contributed by atoms with Gasteiger partial charge in [-0.15, -0.1) is 0 Å². The molecular weight excluding hydrogens is 318 g/mol. The molecule has 1 amide bonds. The van der Waals surface area contributed by atoms with Crippen LogP contribution >= 0.6 is 11.6 Å². The normalized spacial score (nSPS) is 12.8. The van der Waals surface area contributed by atoms with E-state index in [1.807, 2.05) is 6.07 Å². The van der Waals surface area contributed by atoms with Gasteiger partial charge in [0.1, 0.15) is 5.75 Å². The monoisotopic (exact) mass is 335 g/mol. The summed E-state index contributed by atoms with van der Waals surface area (Å²) in [5, 5.41) is 7.29. The predicted molar refractivity (Wildman–Crippen MR) is 85.6 cm³/mol. The zero-order valence-corrected chi connectivity index (χ0v) is 13.7. The summed E-state index contributed by atoms with van der Waals surface area (Å²) in [6.45, 7) is 3.35. The van der Waals surface area contributed by atoms with Crippen LogP contribution in [0, 0.1) is 0 Å². The summed E-state index contributed by atoms with van der Waals surface area (Å²) in [6.07, 6.45) is 2.89. The lowest BCUT2D eigenvalue weighted by atomic mass is 10.1. The Morgan fingerprint density at radius 1 is 1.43 bits per heavy atom. The van der Waals surface area contributed by atoms with Gasteiger partial charge in [0.2, 0.25) is 5.91 Å². The Labute approximate surface area is 139 Å². The number of carbonyl (C=O) groups is 1. The molecule has 0 aliphatic carbocycles. The molecule has 7 heteroatoms. The van der Waals surface area contributed by atoms with Crippen molar-refractivity contribution in [2.45, 2.75) is 32.6 Å². The Hall–Kier alpha value is -2.08. The number of ether oxygens (including phenoxy) is 1. The molecule has 2 heterocycles. The lowest BCUT2D eigenvalue weighted by Crippen LogP contribution is -2.26. The predicted octanol–water partition coefficient (Wildman–Crippen LogP) is 2.78. The first kappa shape index (κ1) is 15.8. The van der Waals surface area contributed by atoms with Crippen LogP contribution in [0.2, 0.25) is 5.02 Å². The SMILES string of the molecule is CCCCNC(=O)Cc1noc(-c2cc(Cl)cc3c2OCC3)n1. The molecule has 23 heavy (non-hydrogen) atoms. The Balaban J connectivity index is 1.74. The molecular formula is C16H18ClN3O3. The van der Waals surface area contributed by atoms with Crippen LogP contribution in [0.15, 0.2) is 16.7 Å². The third kappa shape index (κ3) is 3.64. The van der Waals surface area contributed by atoms with E-state index in [0.717, 1.165) is 30.6 Å². The highest BCUT2D eigenvalue weighted by atomic mass is 35.5. The molecule has 0 fully saturated rings. The molecule has 0 unspecified atom stereocenters. The minimum absolute atomic E-state index is 0.0941. The highest BCUT2D eigenvalue weighted by Gasteiger charge is 2.22. The molecule has 3 rings (SSSR count). The largest absolute Gasteiger partial charge is 0.492 e. The van der Waals surface area contributed by atoms with Crippen molar-refractivity contribution >= 4 is 17.5 Å². The topological polar surface area (TPSA) is 77.2 Å². The van der Waals surface area contributed by atoms with Crippen LogP contribution in [0.25, 0.3) is 11.5 Å². The summed E-state index contributed by atoms with van der Waals surface area (Å²) < 4.78 is 10.9. The van der Waals surface area contributed by atoms with Gasteiger partial charge in [0.25, 0.3) is 5.89 Å². The minimum atomic E-state index is -0.113. The number of nitrogens with zero attached hydrogens (tertiary/aromatic N) is 2. The molecule has 0 spiro atoms. The van der Waals surface area contributed by atoms with Gasteiger partial charge >= 0.3 is 0 Å². The standard InChI is InChI=1S/C16H18ClN3O3/c1-2-3-5-18-14(21)9-13-19-16(23-20-13)12-8-11(17)7-10-4-6-22-15(10)12/h7-8H,2-6,9H2,1H3,(H,18,21). The lowest BCUT2D eigenvalue weighted by Gasteiger charge is -2.04. The molecule has 0 atom stereocenters. The number of carbonyl (C=O) groups excluding carboxylic acids is 1. The van der Waals surface area contributed by atoms with Crippen LogP contribution in [0.1, 0.15) is 31.2 Å². The summed E-state index contributed by atoms with van der Waals surface area (Å²) in [6, 6.07) is 3.62. The smallest absolute Gasteiger partial charge is 0.261 e. The van der Waals surface area contributed by atoms with E-state index in [4.69, 9.17) is 20.9 Å². The first-order valence-electron chi connectivity index (χ1n) is 7.72. The highest BCUT2D eigenvalue weighted by molar-refractivity contribution is 6.31. The fourth-order valence-electron chi connectivity index (χ4n) is 2.47. The van der Waals surface area contributed by atoms with E-state index in [9.17, 15) is 4.79 Å². The van der Waals surface area contributed by atoms with Gasteiger partial charge in [0, 0.05) is 18.0 Å². The number of unbranched alkanes of at least 4 members (excludes halogenated alkanes) is 1. The average Bonchev–Trinajstić information content (AvgIpc) is 3.15.